The standard InChI is InChI=1S/C19H25N3O/c1-14-17(15-6-3-4-7-16(15)20-14)18(23)22-10-5-8-19(13-22)9-11-21(2)12-19/h3-4,6-7,20H,5,8-13H2,1-2H3. The van der Waals surface area contributed by atoms with Crippen LogP contribution in [0.2, 0.25) is 0 Å². The Morgan fingerprint density at radius 3 is 2.78 bits per heavy atom. The molecule has 4 nitrogen and oxygen atoms in total. The van der Waals surface area contributed by atoms with Crippen LogP contribution in [0.4, 0.5) is 0 Å². The van der Waals surface area contributed by atoms with Crippen molar-refractivity contribution in [2.24, 2.45) is 5.41 Å². The first-order chi connectivity index (χ1) is 11.1. The molecule has 122 valence electrons. The van der Waals surface area contributed by atoms with Crippen LogP contribution in [0.1, 0.15) is 35.3 Å². The molecule has 0 saturated carbocycles. The Bertz CT molecular complexity index is 746. The number of amides is 1. The molecule has 2 saturated heterocycles. The van der Waals surface area contributed by atoms with Gasteiger partial charge in [0.25, 0.3) is 5.91 Å². The maximum atomic E-state index is 13.2. The molecule has 0 radical (unpaired) electrons. The third kappa shape index (κ3) is 2.45. The zero-order valence-corrected chi connectivity index (χ0v) is 14.1. The van der Waals surface area contributed by atoms with E-state index >= 15 is 0 Å². The lowest BCUT2D eigenvalue weighted by atomic mass is 9.79. The van der Waals surface area contributed by atoms with E-state index in [2.05, 4.69) is 27.9 Å². The fraction of sp³-hybridized carbons (Fsp3) is 0.526. The van der Waals surface area contributed by atoms with Crippen molar-refractivity contribution < 1.29 is 4.79 Å². The molecule has 4 heteroatoms. The normalized spacial score (nSPS) is 25.6. The minimum Gasteiger partial charge on any atom is -0.358 e. The van der Waals surface area contributed by atoms with Gasteiger partial charge in [-0.1, -0.05) is 18.2 Å². The highest BCUT2D eigenvalue weighted by molar-refractivity contribution is 6.08. The number of H-pyrrole nitrogens is 1. The Hall–Kier alpha value is -1.81. The second kappa shape index (κ2) is 5.38. The van der Waals surface area contributed by atoms with E-state index in [4.69, 9.17) is 0 Å². The molecule has 2 aliphatic rings. The molecule has 1 aromatic heterocycles. The third-order valence-corrected chi connectivity index (χ3v) is 5.69. The maximum absolute atomic E-state index is 13.2. The average Bonchev–Trinajstić information content (AvgIpc) is 3.06. The highest BCUT2D eigenvalue weighted by atomic mass is 16.2. The fourth-order valence-corrected chi connectivity index (χ4v) is 4.58. The van der Waals surface area contributed by atoms with Gasteiger partial charge in [0.15, 0.2) is 0 Å². The first-order valence-electron chi connectivity index (χ1n) is 8.63. The minimum absolute atomic E-state index is 0.202. The number of hydrogen-bond acceptors (Lipinski definition) is 2. The van der Waals surface area contributed by atoms with Crippen molar-refractivity contribution in [2.45, 2.75) is 26.2 Å². The lowest BCUT2D eigenvalue weighted by Crippen LogP contribution is -2.47. The van der Waals surface area contributed by atoms with Gasteiger partial charge in [0, 0.05) is 41.6 Å². The van der Waals surface area contributed by atoms with E-state index < -0.39 is 0 Å². The zero-order chi connectivity index (χ0) is 16.0. The van der Waals surface area contributed by atoms with Gasteiger partial charge in [0.1, 0.15) is 0 Å². The van der Waals surface area contributed by atoms with Gasteiger partial charge in [-0.2, -0.15) is 0 Å². The summed E-state index contributed by atoms with van der Waals surface area (Å²) in [6.07, 6.45) is 3.61. The molecule has 2 aliphatic heterocycles. The molecule has 1 atom stereocenters. The summed E-state index contributed by atoms with van der Waals surface area (Å²) in [5, 5.41) is 1.05. The van der Waals surface area contributed by atoms with E-state index in [0.29, 0.717) is 5.41 Å². The number of hydrogen-bond donors (Lipinski definition) is 1. The van der Waals surface area contributed by atoms with Crippen LogP contribution in [0, 0.1) is 12.3 Å². The Labute approximate surface area is 137 Å². The van der Waals surface area contributed by atoms with Crippen LogP contribution >= 0.6 is 0 Å². The van der Waals surface area contributed by atoms with Crippen LogP contribution in [-0.4, -0.2) is 53.9 Å². The second-order valence-corrected chi connectivity index (χ2v) is 7.49. The summed E-state index contributed by atoms with van der Waals surface area (Å²) >= 11 is 0. The number of benzene rings is 1. The molecule has 0 bridgehead atoms. The van der Waals surface area contributed by atoms with Gasteiger partial charge in [-0.3, -0.25) is 4.79 Å². The van der Waals surface area contributed by atoms with Gasteiger partial charge < -0.3 is 14.8 Å². The number of para-hydroxylation sites is 1. The maximum Gasteiger partial charge on any atom is 0.256 e. The molecule has 4 rings (SSSR count). The molecular formula is C19H25N3O. The first-order valence-corrected chi connectivity index (χ1v) is 8.63. The Kier molecular flexibility index (Phi) is 3.45. The summed E-state index contributed by atoms with van der Waals surface area (Å²) in [6, 6.07) is 8.12. The van der Waals surface area contributed by atoms with Crippen molar-refractivity contribution in [3.05, 3.63) is 35.5 Å². The van der Waals surface area contributed by atoms with Gasteiger partial charge in [-0.05, 0) is 45.8 Å². The molecule has 2 fully saturated rings. The number of carbonyl (C=O) groups is 1. The number of carbonyl (C=O) groups excluding carboxylic acids is 1. The van der Waals surface area contributed by atoms with E-state index in [1.807, 2.05) is 25.1 Å². The number of aromatic nitrogens is 1. The highest BCUT2D eigenvalue weighted by Gasteiger charge is 2.41. The quantitative estimate of drug-likeness (QED) is 0.879. The van der Waals surface area contributed by atoms with Gasteiger partial charge in [0.2, 0.25) is 0 Å². The Balaban J connectivity index is 1.64. The van der Waals surface area contributed by atoms with Crippen molar-refractivity contribution in [2.75, 3.05) is 33.2 Å². The molecule has 23 heavy (non-hydrogen) atoms. The van der Waals surface area contributed by atoms with Crippen LogP contribution in [0.5, 0.6) is 0 Å². The van der Waals surface area contributed by atoms with Crippen LogP contribution in [0.25, 0.3) is 10.9 Å². The third-order valence-electron chi connectivity index (χ3n) is 5.69. The SMILES string of the molecule is Cc1[nH]c2ccccc2c1C(=O)N1CCCC2(CCN(C)C2)C1. The van der Waals surface area contributed by atoms with E-state index in [9.17, 15) is 4.79 Å². The lowest BCUT2D eigenvalue weighted by molar-refractivity contribution is 0.0536. The molecule has 0 aliphatic carbocycles. The molecule has 1 unspecified atom stereocenters. The van der Waals surface area contributed by atoms with Crippen molar-refractivity contribution in [1.82, 2.24) is 14.8 Å². The highest BCUT2D eigenvalue weighted by Crippen LogP contribution is 2.39. The first kappa shape index (κ1) is 14.8. The number of aryl methyl sites for hydroxylation is 1. The van der Waals surface area contributed by atoms with Gasteiger partial charge in [-0.15, -0.1) is 0 Å². The summed E-state index contributed by atoms with van der Waals surface area (Å²) in [5.74, 6) is 0.202. The molecule has 1 N–H and O–H groups in total. The van der Waals surface area contributed by atoms with Gasteiger partial charge >= 0.3 is 0 Å². The van der Waals surface area contributed by atoms with Crippen LogP contribution in [0.15, 0.2) is 24.3 Å². The molecule has 1 spiro atoms. The smallest absolute Gasteiger partial charge is 0.256 e. The summed E-state index contributed by atoms with van der Waals surface area (Å²) in [5.41, 5.74) is 3.23. The van der Waals surface area contributed by atoms with Crippen LogP contribution in [-0.2, 0) is 0 Å². The fourth-order valence-electron chi connectivity index (χ4n) is 4.58. The molecule has 2 aromatic rings. The van der Waals surface area contributed by atoms with E-state index in [0.717, 1.165) is 54.8 Å². The average molecular weight is 311 g/mol. The summed E-state index contributed by atoms with van der Waals surface area (Å²) in [6.45, 7) is 6.10. The summed E-state index contributed by atoms with van der Waals surface area (Å²) in [7, 11) is 2.19. The lowest BCUT2D eigenvalue weighted by Gasteiger charge is -2.40. The number of piperidine rings is 1. The van der Waals surface area contributed by atoms with E-state index in [1.165, 1.54) is 12.8 Å². The molecule has 1 aromatic carbocycles. The van der Waals surface area contributed by atoms with Crippen LogP contribution in [0.3, 0.4) is 0 Å². The predicted molar refractivity (Wildman–Crippen MR) is 92.7 cm³/mol. The number of likely N-dealkylation sites (tertiary alicyclic amines) is 2. The van der Waals surface area contributed by atoms with Crippen molar-refractivity contribution in [1.29, 1.82) is 0 Å². The van der Waals surface area contributed by atoms with E-state index in [1.54, 1.807) is 0 Å². The monoisotopic (exact) mass is 311 g/mol. The van der Waals surface area contributed by atoms with Crippen LogP contribution < -0.4 is 0 Å². The second-order valence-electron chi connectivity index (χ2n) is 7.49. The zero-order valence-electron chi connectivity index (χ0n) is 14.1. The Morgan fingerprint density at radius 2 is 2.00 bits per heavy atom. The van der Waals surface area contributed by atoms with Gasteiger partial charge in [0.05, 0.1) is 5.56 Å². The van der Waals surface area contributed by atoms with Crippen molar-refractivity contribution in [3.8, 4) is 0 Å². The number of nitrogens with zero attached hydrogens (tertiary/aromatic N) is 2. The number of nitrogens with one attached hydrogen (secondary N) is 1. The summed E-state index contributed by atoms with van der Waals surface area (Å²) < 4.78 is 0. The summed E-state index contributed by atoms with van der Waals surface area (Å²) in [4.78, 5) is 21.1. The number of fused-ring (bicyclic) bond motifs is 1. The van der Waals surface area contributed by atoms with Crippen molar-refractivity contribution >= 4 is 16.8 Å². The molecular weight excluding hydrogens is 286 g/mol. The predicted octanol–water partition coefficient (Wildman–Crippen LogP) is 3.03. The van der Waals surface area contributed by atoms with Gasteiger partial charge in [-0.25, -0.2) is 0 Å². The largest absolute Gasteiger partial charge is 0.358 e. The molecule has 3 heterocycles. The molecule has 1 amide bonds. The van der Waals surface area contributed by atoms with E-state index in [-0.39, 0.29) is 5.91 Å². The number of rotatable bonds is 1. The Morgan fingerprint density at radius 1 is 1.17 bits per heavy atom. The number of aromatic amines is 1. The van der Waals surface area contributed by atoms with Crippen molar-refractivity contribution in [3.63, 3.8) is 0 Å². The minimum atomic E-state index is 0.202. The topological polar surface area (TPSA) is 39.3 Å².